The third-order valence-corrected chi connectivity index (χ3v) is 5.20. The number of nitrogens with zero attached hydrogens (tertiary/aromatic N) is 1. The van der Waals surface area contributed by atoms with Gasteiger partial charge in [0.15, 0.2) is 0 Å². The molecule has 0 aromatic carbocycles. The van der Waals surface area contributed by atoms with Gasteiger partial charge in [-0.3, -0.25) is 0 Å². The van der Waals surface area contributed by atoms with Crippen molar-refractivity contribution in [2.45, 2.75) is 76.4 Å². The summed E-state index contributed by atoms with van der Waals surface area (Å²) >= 11 is 0. The number of hydrogen-bond acceptors (Lipinski definition) is 2. The van der Waals surface area contributed by atoms with Crippen molar-refractivity contribution in [2.24, 2.45) is 5.92 Å². The predicted molar refractivity (Wildman–Crippen MR) is 72.2 cm³/mol. The van der Waals surface area contributed by atoms with Crippen molar-refractivity contribution in [1.29, 1.82) is 0 Å². The Morgan fingerprint density at radius 2 is 1.59 bits per heavy atom. The van der Waals surface area contributed by atoms with Gasteiger partial charge in [-0.1, -0.05) is 12.8 Å². The Labute approximate surface area is 106 Å². The Morgan fingerprint density at radius 1 is 0.941 bits per heavy atom. The molecule has 1 saturated heterocycles. The molecule has 2 aliphatic carbocycles. The number of piperidine rings is 1. The first-order valence-electron chi connectivity index (χ1n) is 7.83. The van der Waals surface area contributed by atoms with Crippen LogP contribution in [0.1, 0.15) is 58.3 Å². The molecule has 0 aromatic heterocycles. The first kappa shape index (κ1) is 12.0. The van der Waals surface area contributed by atoms with E-state index in [0.29, 0.717) is 0 Å². The van der Waals surface area contributed by atoms with E-state index in [-0.39, 0.29) is 0 Å². The molecule has 2 heteroatoms. The zero-order valence-corrected chi connectivity index (χ0v) is 11.3. The molecule has 1 unspecified atom stereocenters. The standard InChI is InChI=1S/C15H28N2/c1-12(13-4-2-3-5-13)16-14-8-10-17(11-9-14)15-6-7-15/h12-16H,2-11H2,1H3. The van der Waals surface area contributed by atoms with Gasteiger partial charge in [0, 0.05) is 18.1 Å². The van der Waals surface area contributed by atoms with Gasteiger partial charge in [-0.2, -0.15) is 0 Å². The minimum atomic E-state index is 0.759. The summed E-state index contributed by atoms with van der Waals surface area (Å²) in [6, 6.07) is 2.54. The average molecular weight is 236 g/mol. The van der Waals surface area contributed by atoms with Crippen molar-refractivity contribution in [3.8, 4) is 0 Å². The molecule has 2 nitrogen and oxygen atoms in total. The number of likely N-dealkylation sites (tertiary alicyclic amines) is 1. The first-order chi connectivity index (χ1) is 8.33. The molecule has 0 amide bonds. The van der Waals surface area contributed by atoms with Gasteiger partial charge in [-0.25, -0.2) is 0 Å². The Hall–Kier alpha value is -0.0800. The highest BCUT2D eigenvalue weighted by Gasteiger charge is 2.32. The van der Waals surface area contributed by atoms with E-state index in [0.717, 1.165) is 24.0 Å². The number of hydrogen-bond donors (Lipinski definition) is 1. The third-order valence-electron chi connectivity index (χ3n) is 5.20. The van der Waals surface area contributed by atoms with Gasteiger partial charge in [-0.05, 0) is 64.5 Å². The smallest absolute Gasteiger partial charge is 0.00964 e. The van der Waals surface area contributed by atoms with Crippen LogP contribution in [0.3, 0.4) is 0 Å². The maximum atomic E-state index is 3.91. The summed E-state index contributed by atoms with van der Waals surface area (Å²) in [4.78, 5) is 2.72. The summed E-state index contributed by atoms with van der Waals surface area (Å²) in [6.45, 7) is 5.11. The van der Waals surface area contributed by atoms with Crippen LogP contribution in [-0.2, 0) is 0 Å². The quantitative estimate of drug-likeness (QED) is 0.807. The van der Waals surface area contributed by atoms with E-state index in [1.807, 2.05) is 0 Å². The average Bonchev–Trinajstić information content (AvgIpc) is 3.05. The second-order valence-corrected chi connectivity index (χ2v) is 6.54. The summed E-state index contributed by atoms with van der Waals surface area (Å²) in [5.41, 5.74) is 0. The van der Waals surface area contributed by atoms with Gasteiger partial charge in [0.2, 0.25) is 0 Å². The van der Waals surface area contributed by atoms with Crippen molar-refractivity contribution >= 4 is 0 Å². The molecular weight excluding hydrogens is 208 g/mol. The van der Waals surface area contributed by atoms with Crippen LogP contribution in [-0.4, -0.2) is 36.1 Å². The van der Waals surface area contributed by atoms with Crippen LogP contribution in [0, 0.1) is 5.92 Å². The highest BCUT2D eigenvalue weighted by molar-refractivity contribution is 4.90. The minimum absolute atomic E-state index is 0.759. The van der Waals surface area contributed by atoms with Gasteiger partial charge in [0.1, 0.15) is 0 Å². The molecule has 1 aliphatic heterocycles. The summed E-state index contributed by atoms with van der Waals surface area (Å²) in [6.07, 6.45) is 11.6. The highest BCUT2D eigenvalue weighted by Crippen LogP contribution is 2.31. The van der Waals surface area contributed by atoms with Crippen LogP contribution in [0.4, 0.5) is 0 Å². The largest absolute Gasteiger partial charge is 0.311 e. The lowest BCUT2D eigenvalue weighted by Crippen LogP contribution is -2.47. The van der Waals surface area contributed by atoms with Crippen molar-refractivity contribution in [2.75, 3.05) is 13.1 Å². The van der Waals surface area contributed by atoms with Crippen LogP contribution >= 0.6 is 0 Å². The second kappa shape index (κ2) is 5.27. The van der Waals surface area contributed by atoms with Crippen molar-refractivity contribution in [3.05, 3.63) is 0 Å². The van der Waals surface area contributed by atoms with E-state index in [9.17, 15) is 0 Å². The third kappa shape index (κ3) is 3.03. The van der Waals surface area contributed by atoms with E-state index in [2.05, 4.69) is 17.1 Å². The van der Waals surface area contributed by atoms with E-state index in [1.165, 1.54) is 64.5 Å². The maximum absolute atomic E-state index is 3.91. The lowest BCUT2D eigenvalue weighted by atomic mass is 9.96. The SMILES string of the molecule is CC(NC1CCN(C2CC2)CC1)C1CCCC1. The summed E-state index contributed by atoms with van der Waals surface area (Å²) in [5.74, 6) is 0.969. The molecule has 98 valence electrons. The number of nitrogens with one attached hydrogen (secondary N) is 1. The summed E-state index contributed by atoms with van der Waals surface area (Å²) in [7, 11) is 0. The summed E-state index contributed by atoms with van der Waals surface area (Å²) < 4.78 is 0. The van der Waals surface area contributed by atoms with Crippen molar-refractivity contribution < 1.29 is 0 Å². The molecule has 3 aliphatic rings. The van der Waals surface area contributed by atoms with E-state index in [4.69, 9.17) is 0 Å². The van der Waals surface area contributed by atoms with E-state index >= 15 is 0 Å². The van der Waals surface area contributed by atoms with Crippen LogP contribution in [0.5, 0.6) is 0 Å². The molecule has 1 atom stereocenters. The molecule has 1 N–H and O–H groups in total. The van der Waals surface area contributed by atoms with E-state index < -0.39 is 0 Å². The fourth-order valence-electron chi connectivity index (χ4n) is 3.84. The molecule has 17 heavy (non-hydrogen) atoms. The van der Waals surface area contributed by atoms with E-state index in [1.54, 1.807) is 0 Å². The fraction of sp³-hybridized carbons (Fsp3) is 1.00. The van der Waals surface area contributed by atoms with Gasteiger partial charge in [-0.15, -0.1) is 0 Å². The van der Waals surface area contributed by atoms with Crippen molar-refractivity contribution in [3.63, 3.8) is 0 Å². The Morgan fingerprint density at radius 3 is 2.18 bits per heavy atom. The molecule has 1 heterocycles. The Balaban J connectivity index is 1.40. The first-order valence-corrected chi connectivity index (χ1v) is 7.83. The Bertz CT molecular complexity index is 235. The molecule has 0 spiro atoms. The normalized spacial score (nSPS) is 30.9. The molecule has 0 aromatic rings. The second-order valence-electron chi connectivity index (χ2n) is 6.54. The molecule has 0 bridgehead atoms. The Kier molecular flexibility index (Phi) is 3.72. The van der Waals surface area contributed by atoms with Crippen LogP contribution in [0.2, 0.25) is 0 Å². The molecule has 0 radical (unpaired) electrons. The van der Waals surface area contributed by atoms with Crippen LogP contribution < -0.4 is 5.32 Å². The predicted octanol–water partition coefficient (Wildman–Crippen LogP) is 2.78. The number of rotatable bonds is 4. The van der Waals surface area contributed by atoms with Crippen LogP contribution in [0.15, 0.2) is 0 Å². The maximum Gasteiger partial charge on any atom is 0.00964 e. The van der Waals surface area contributed by atoms with Gasteiger partial charge < -0.3 is 10.2 Å². The zero-order chi connectivity index (χ0) is 11.7. The van der Waals surface area contributed by atoms with Crippen molar-refractivity contribution in [1.82, 2.24) is 10.2 Å². The molecule has 2 saturated carbocycles. The lowest BCUT2D eigenvalue weighted by Gasteiger charge is -2.35. The van der Waals surface area contributed by atoms with Crippen LogP contribution in [0.25, 0.3) is 0 Å². The monoisotopic (exact) mass is 236 g/mol. The molecule has 3 rings (SSSR count). The molecule has 3 fully saturated rings. The fourth-order valence-corrected chi connectivity index (χ4v) is 3.84. The molecular formula is C15H28N2. The topological polar surface area (TPSA) is 15.3 Å². The zero-order valence-electron chi connectivity index (χ0n) is 11.3. The summed E-state index contributed by atoms with van der Waals surface area (Å²) in [5, 5.41) is 3.91. The van der Waals surface area contributed by atoms with Gasteiger partial charge in [0.05, 0.1) is 0 Å². The van der Waals surface area contributed by atoms with Gasteiger partial charge >= 0.3 is 0 Å². The highest BCUT2D eigenvalue weighted by atomic mass is 15.2. The van der Waals surface area contributed by atoms with Gasteiger partial charge in [0.25, 0.3) is 0 Å². The minimum Gasteiger partial charge on any atom is -0.311 e. The lowest BCUT2D eigenvalue weighted by molar-refractivity contribution is 0.177.